The van der Waals surface area contributed by atoms with Crippen LogP contribution in [0.15, 0.2) is 66.0 Å². The van der Waals surface area contributed by atoms with Crippen molar-refractivity contribution >= 4 is 17.5 Å². The molecule has 2 aromatic carbocycles. The number of carbonyl (C=O) groups excluding carboxylic acids is 2. The molecule has 2 amide bonds. The van der Waals surface area contributed by atoms with Crippen molar-refractivity contribution in [1.82, 2.24) is 10.6 Å². The van der Waals surface area contributed by atoms with Crippen LogP contribution in [0.25, 0.3) is 0 Å². The summed E-state index contributed by atoms with van der Waals surface area (Å²) < 4.78 is 5.77. The smallest absolute Gasteiger partial charge is 0.296 e. The highest BCUT2D eigenvalue weighted by Crippen LogP contribution is 2.23. The van der Waals surface area contributed by atoms with Crippen LogP contribution in [0.2, 0.25) is 0 Å². The van der Waals surface area contributed by atoms with Gasteiger partial charge >= 0.3 is 0 Å². The van der Waals surface area contributed by atoms with Gasteiger partial charge in [-0.05, 0) is 74.9 Å². The summed E-state index contributed by atoms with van der Waals surface area (Å²) in [5, 5.41) is 14.6. The molecule has 1 aliphatic rings. The van der Waals surface area contributed by atoms with Crippen LogP contribution in [-0.2, 0) is 9.59 Å². The second kappa shape index (κ2) is 11.6. The molecule has 34 heavy (non-hydrogen) atoms. The van der Waals surface area contributed by atoms with Crippen molar-refractivity contribution in [1.29, 1.82) is 5.41 Å². The molecule has 3 rings (SSSR count). The number of nitrogens with two attached hydrogens (primary N) is 2. The zero-order valence-corrected chi connectivity index (χ0v) is 19.1. The van der Waals surface area contributed by atoms with Gasteiger partial charge in [-0.25, -0.2) is 0 Å². The molecule has 0 aromatic heterocycles. The first kappa shape index (κ1) is 24.4. The minimum Gasteiger partial charge on any atom is -0.457 e. The van der Waals surface area contributed by atoms with Crippen LogP contribution in [0, 0.1) is 17.3 Å². The number of ether oxygens (including phenoxy) is 1. The third kappa shape index (κ3) is 6.62. The highest BCUT2D eigenvalue weighted by Gasteiger charge is 2.24. The van der Waals surface area contributed by atoms with Crippen molar-refractivity contribution in [2.45, 2.75) is 44.7 Å². The first-order valence-electron chi connectivity index (χ1n) is 11.1. The molecule has 8 nitrogen and oxygen atoms in total. The largest absolute Gasteiger partial charge is 0.457 e. The molecule has 0 atom stereocenters. The van der Waals surface area contributed by atoms with Crippen LogP contribution in [-0.4, -0.2) is 29.6 Å². The zero-order valence-electron chi connectivity index (χ0n) is 19.1. The van der Waals surface area contributed by atoms with E-state index < -0.39 is 5.91 Å². The van der Waals surface area contributed by atoms with Crippen molar-refractivity contribution in [2.75, 3.05) is 0 Å². The van der Waals surface area contributed by atoms with Gasteiger partial charge in [0.1, 0.15) is 22.9 Å². The molecule has 1 saturated carbocycles. The maximum atomic E-state index is 12.2. The molecule has 176 valence electrons. The summed E-state index contributed by atoms with van der Waals surface area (Å²) in [7, 11) is 0. The molecular weight excluding hydrogens is 430 g/mol. The summed E-state index contributed by atoms with van der Waals surface area (Å²) in [6.45, 7) is 1.62. The highest BCUT2D eigenvalue weighted by molar-refractivity contribution is 6.26. The monoisotopic (exact) mass is 459 g/mol. The van der Waals surface area contributed by atoms with Gasteiger partial charge in [-0.1, -0.05) is 24.1 Å². The number of rotatable bonds is 8. The normalized spacial score (nSPS) is 17.9. The Bertz CT molecular complexity index is 1120. The van der Waals surface area contributed by atoms with E-state index in [1.54, 1.807) is 31.2 Å². The maximum Gasteiger partial charge on any atom is 0.296 e. The fourth-order valence-corrected chi connectivity index (χ4v) is 3.86. The summed E-state index contributed by atoms with van der Waals surface area (Å²) in [6.07, 6.45) is 3.01. The number of hydrogen-bond acceptors (Lipinski definition) is 6. The molecule has 1 aliphatic carbocycles. The van der Waals surface area contributed by atoms with Crippen LogP contribution >= 0.6 is 0 Å². The predicted octanol–water partition coefficient (Wildman–Crippen LogP) is 2.54. The number of carbonyl (C=O) groups is 2. The van der Waals surface area contributed by atoms with Crippen LogP contribution in [0.1, 0.15) is 38.2 Å². The van der Waals surface area contributed by atoms with E-state index in [1.165, 1.54) is 0 Å². The Kier molecular flexibility index (Phi) is 8.30. The van der Waals surface area contributed by atoms with Gasteiger partial charge in [0.05, 0.1) is 5.71 Å². The van der Waals surface area contributed by atoms with Crippen LogP contribution in [0.4, 0.5) is 0 Å². The molecule has 7 N–H and O–H groups in total. The van der Waals surface area contributed by atoms with Crippen molar-refractivity contribution < 1.29 is 14.3 Å². The lowest BCUT2D eigenvalue weighted by Crippen LogP contribution is -2.43. The van der Waals surface area contributed by atoms with E-state index in [0.717, 1.165) is 25.7 Å². The van der Waals surface area contributed by atoms with E-state index in [1.807, 2.05) is 30.3 Å². The van der Waals surface area contributed by atoms with E-state index in [2.05, 4.69) is 22.5 Å². The second-order valence-corrected chi connectivity index (χ2v) is 8.01. The molecule has 8 heteroatoms. The number of benzene rings is 2. The molecule has 0 radical (unpaired) electrons. The quantitative estimate of drug-likeness (QED) is 0.234. The number of amides is 2. The van der Waals surface area contributed by atoms with E-state index in [4.69, 9.17) is 21.6 Å². The molecule has 0 spiro atoms. The summed E-state index contributed by atoms with van der Waals surface area (Å²) in [4.78, 5) is 23.8. The van der Waals surface area contributed by atoms with Gasteiger partial charge in [0.25, 0.3) is 11.8 Å². The topological polar surface area (TPSA) is 143 Å². The van der Waals surface area contributed by atoms with E-state index >= 15 is 0 Å². The maximum absolute atomic E-state index is 12.2. The van der Waals surface area contributed by atoms with Gasteiger partial charge in [-0.15, -0.1) is 0 Å². The number of para-hydroxylation sites is 1. The van der Waals surface area contributed by atoms with Gasteiger partial charge < -0.3 is 26.8 Å². The standard InChI is InChI=1S/C26H29N5O3/c1-2-6-22(32)30-18-11-13-19(14-12-18)31-25(28)23(26(29)33)24(27)17-9-15-21(16-10-17)34-20-7-4-3-5-8-20/h3-5,7-10,15-16,18-19,27,31H,11-14,28H2,1H3,(H2,29,33)(H,30,32)/b25-23+,27-24?. The Balaban J connectivity index is 1.64. The lowest BCUT2D eigenvalue weighted by Gasteiger charge is -2.30. The Hall–Kier alpha value is -4.25. The number of nitrogens with one attached hydrogen (secondary N) is 3. The first-order chi connectivity index (χ1) is 16.4. The number of primary amides is 1. The molecule has 0 unspecified atom stereocenters. The molecule has 0 aliphatic heterocycles. The van der Waals surface area contributed by atoms with E-state index in [-0.39, 0.29) is 35.1 Å². The number of hydrogen-bond donors (Lipinski definition) is 5. The Labute approximate surface area is 199 Å². The van der Waals surface area contributed by atoms with Gasteiger partial charge in [-0.3, -0.25) is 15.0 Å². The van der Waals surface area contributed by atoms with Gasteiger partial charge in [-0.2, -0.15) is 0 Å². The van der Waals surface area contributed by atoms with Crippen molar-refractivity contribution in [3.05, 3.63) is 71.6 Å². The van der Waals surface area contributed by atoms with Gasteiger partial charge in [0.2, 0.25) is 0 Å². The summed E-state index contributed by atoms with van der Waals surface area (Å²) in [5.41, 5.74) is 12.1. The molecular formula is C26H29N5O3. The average Bonchev–Trinajstić information content (AvgIpc) is 2.81. The molecule has 1 fully saturated rings. The van der Waals surface area contributed by atoms with Gasteiger partial charge in [0, 0.05) is 17.6 Å². The molecule has 2 aromatic rings. The second-order valence-electron chi connectivity index (χ2n) is 8.01. The van der Waals surface area contributed by atoms with Gasteiger partial charge in [0.15, 0.2) is 0 Å². The van der Waals surface area contributed by atoms with Crippen molar-refractivity contribution in [3.63, 3.8) is 0 Å². The fraction of sp³-hybridized carbons (Fsp3) is 0.269. The minimum atomic E-state index is -0.779. The zero-order chi connectivity index (χ0) is 24.5. The van der Waals surface area contributed by atoms with E-state index in [0.29, 0.717) is 17.1 Å². The van der Waals surface area contributed by atoms with Crippen molar-refractivity contribution in [3.8, 4) is 23.3 Å². The Morgan fingerprint density at radius 1 is 0.912 bits per heavy atom. The predicted molar refractivity (Wildman–Crippen MR) is 131 cm³/mol. The third-order valence-electron chi connectivity index (χ3n) is 5.55. The molecule has 0 bridgehead atoms. The van der Waals surface area contributed by atoms with Crippen LogP contribution < -0.4 is 26.8 Å². The average molecular weight is 460 g/mol. The molecule has 0 heterocycles. The first-order valence-corrected chi connectivity index (χ1v) is 11.1. The summed E-state index contributed by atoms with van der Waals surface area (Å²) in [5.74, 6) is 5.39. The summed E-state index contributed by atoms with van der Waals surface area (Å²) >= 11 is 0. The third-order valence-corrected chi connectivity index (χ3v) is 5.55. The lowest BCUT2D eigenvalue weighted by atomic mass is 9.91. The minimum absolute atomic E-state index is 0.00853. The lowest BCUT2D eigenvalue weighted by molar-refractivity contribution is -0.116. The van der Waals surface area contributed by atoms with Crippen LogP contribution in [0.5, 0.6) is 11.5 Å². The highest BCUT2D eigenvalue weighted by atomic mass is 16.5. The summed E-state index contributed by atoms with van der Waals surface area (Å²) in [6, 6.07) is 16.2. The SMILES string of the molecule is CC#CC(=O)NC1CCC(N/C(N)=C(\C(=N)c2ccc(Oc3ccccc3)cc2)C(N)=O)CC1. The fourth-order valence-electron chi connectivity index (χ4n) is 3.86. The molecule has 0 saturated heterocycles. The van der Waals surface area contributed by atoms with Crippen LogP contribution in [0.3, 0.4) is 0 Å². The van der Waals surface area contributed by atoms with E-state index in [9.17, 15) is 9.59 Å². The Morgan fingerprint density at radius 2 is 1.47 bits per heavy atom. The Morgan fingerprint density at radius 3 is 2.03 bits per heavy atom. The van der Waals surface area contributed by atoms with Crippen molar-refractivity contribution in [2.24, 2.45) is 11.5 Å².